The third kappa shape index (κ3) is 3.38. The van der Waals surface area contributed by atoms with E-state index in [9.17, 15) is 0 Å². The van der Waals surface area contributed by atoms with Gasteiger partial charge in [-0.25, -0.2) is 0 Å². The van der Waals surface area contributed by atoms with Gasteiger partial charge in [0.2, 0.25) is 0 Å². The molecule has 0 spiro atoms. The molecule has 0 aromatic heterocycles. The molecule has 0 bridgehead atoms. The first-order valence-electron chi connectivity index (χ1n) is 7.61. The first-order chi connectivity index (χ1) is 10.2. The van der Waals surface area contributed by atoms with Gasteiger partial charge in [0.25, 0.3) is 0 Å². The molecule has 4 nitrogen and oxygen atoms in total. The maximum Gasteiger partial charge on any atom is 0.145 e. The van der Waals surface area contributed by atoms with Gasteiger partial charge in [0, 0.05) is 25.2 Å². The molecule has 1 saturated carbocycles. The van der Waals surface area contributed by atoms with Gasteiger partial charge in [-0.3, -0.25) is 0 Å². The van der Waals surface area contributed by atoms with Crippen molar-refractivity contribution >= 4 is 17.3 Å². The third-order valence-electron chi connectivity index (χ3n) is 4.35. The number of methoxy groups -OCH3 is 2. The van der Waals surface area contributed by atoms with E-state index < -0.39 is 0 Å². The van der Waals surface area contributed by atoms with Gasteiger partial charge in [0.1, 0.15) is 11.5 Å². The second-order valence-electron chi connectivity index (χ2n) is 5.94. The lowest BCUT2D eigenvalue weighted by Gasteiger charge is -2.22. The van der Waals surface area contributed by atoms with Crippen LogP contribution in [-0.4, -0.2) is 39.9 Å². The van der Waals surface area contributed by atoms with Crippen LogP contribution in [0.2, 0.25) is 5.02 Å². The number of anilines is 1. The van der Waals surface area contributed by atoms with Crippen molar-refractivity contribution in [2.45, 2.75) is 25.3 Å². The van der Waals surface area contributed by atoms with Gasteiger partial charge in [0.05, 0.1) is 24.9 Å². The summed E-state index contributed by atoms with van der Waals surface area (Å²) in [5.41, 5.74) is 1.07. The number of rotatable bonds is 6. The molecule has 1 aliphatic carbocycles. The van der Waals surface area contributed by atoms with Gasteiger partial charge in [-0.2, -0.15) is 0 Å². The van der Waals surface area contributed by atoms with E-state index in [1.807, 2.05) is 12.1 Å². The van der Waals surface area contributed by atoms with Crippen LogP contribution in [0.15, 0.2) is 12.1 Å². The Morgan fingerprint density at radius 1 is 1.19 bits per heavy atom. The Kier molecular flexibility index (Phi) is 4.45. The molecule has 1 N–H and O–H groups in total. The second kappa shape index (κ2) is 6.32. The zero-order valence-electron chi connectivity index (χ0n) is 12.7. The Labute approximate surface area is 131 Å². The molecule has 1 aromatic rings. The van der Waals surface area contributed by atoms with Crippen LogP contribution in [0.1, 0.15) is 19.3 Å². The van der Waals surface area contributed by atoms with Crippen molar-refractivity contribution < 1.29 is 9.47 Å². The normalized spacial score (nSPS) is 21.7. The molecule has 5 heteroatoms. The van der Waals surface area contributed by atoms with E-state index in [-0.39, 0.29) is 0 Å². The molecule has 1 unspecified atom stereocenters. The van der Waals surface area contributed by atoms with Crippen LogP contribution in [-0.2, 0) is 0 Å². The minimum atomic E-state index is 0.632. The number of ether oxygens (including phenoxy) is 2. The SMILES string of the molecule is COc1cc(OC)c(N2CCC(CNC3CC3)C2)cc1Cl. The van der Waals surface area contributed by atoms with Crippen molar-refractivity contribution in [1.82, 2.24) is 5.32 Å². The Bertz CT molecular complexity index is 505. The predicted octanol–water partition coefficient (Wildman–Crippen LogP) is 2.94. The molecule has 1 saturated heterocycles. The van der Waals surface area contributed by atoms with Crippen LogP contribution in [0.25, 0.3) is 0 Å². The lowest BCUT2D eigenvalue weighted by molar-refractivity contribution is 0.394. The average Bonchev–Trinajstić information content (AvgIpc) is 3.21. The highest BCUT2D eigenvalue weighted by Crippen LogP contribution is 2.39. The number of hydrogen-bond donors (Lipinski definition) is 1. The third-order valence-corrected chi connectivity index (χ3v) is 4.65. The smallest absolute Gasteiger partial charge is 0.145 e. The fourth-order valence-corrected chi connectivity index (χ4v) is 3.17. The van der Waals surface area contributed by atoms with Gasteiger partial charge in [0.15, 0.2) is 0 Å². The second-order valence-corrected chi connectivity index (χ2v) is 6.35. The predicted molar refractivity (Wildman–Crippen MR) is 85.9 cm³/mol. The molecular formula is C16H23ClN2O2. The zero-order valence-corrected chi connectivity index (χ0v) is 13.4. The largest absolute Gasteiger partial charge is 0.495 e. The van der Waals surface area contributed by atoms with Crippen molar-refractivity contribution in [3.8, 4) is 11.5 Å². The highest BCUT2D eigenvalue weighted by Gasteiger charge is 2.28. The summed E-state index contributed by atoms with van der Waals surface area (Å²) in [7, 11) is 3.31. The van der Waals surface area contributed by atoms with Crippen molar-refractivity contribution in [1.29, 1.82) is 0 Å². The molecule has 1 aliphatic heterocycles. The highest BCUT2D eigenvalue weighted by molar-refractivity contribution is 6.32. The molecule has 1 aromatic carbocycles. The summed E-state index contributed by atoms with van der Waals surface area (Å²) in [5.74, 6) is 2.19. The molecule has 2 aliphatic rings. The van der Waals surface area contributed by atoms with E-state index in [0.29, 0.717) is 16.7 Å². The first-order valence-corrected chi connectivity index (χ1v) is 7.99. The Morgan fingerprint density at radius 3 is 2.62 bits per heavy atom. The van der Waals surface area contributed by atoms with Crippen LogP contribution in [0.3, 0.4) is 0 Å². The van der Waals surface area contributed by atoms with E-state index in [1.165, 1.54) is 19.3 Å². The summed E-state index contributed by atoms with van der Waals surface area (Å²) in [5, 5.41) is 4.26. The van der Waals surface area contributed by atoms with Gasteiger partial charge in [-0.15, -0.1) is 0 Å². The van der Waals surface area contributed by atoms with Gasteiger partial charge in [-0.05, 0) is 37.8 Å². The zero-order chi connectivity index (χ0) is 14.8. The first kappa shape index (κ1) is 14.8. The Morgan fingerprint density at radius 2 is 1.95 bits per heavy atom. The van der Waals surface area contributed by atoms with Gasteiger partial charge in [-0.1, -0.05) is 11.6 Å². The molecule has 0 amide bonds. The highest BCUT2D eigenvalue weighted by atomic mass is 35.5. The van der Waals surface area contributed by atoms with E-state index in [2.05, 4.69) is 10.2 Å². The van der Waals surface area contributed by atoms with E-state index in [4.69, 9.17) is 21.1 Å². The number of nitrogens with one attached hydrogen (secondary N) is 1. The van der Waals surface area contributed by atoms with Crippen LogP contribution in [0.5, 0.6) is 11.5 Å². The summed E-state index contributed by atoms with van der Waals surface area (Å²) < 4.78 is 10.8. The topological polar surface area (TPSA) is 33.7 Å². The molecule has 2 fully saturated rings. The Hall–Kier alpha value is -1.13. The summed E-state index contributed by atoms with van der Waals surface area (Å²) >= 11 is 6.26. The average molecular weight is 311 g/mol. The minimum Gasteiger partial charge on any atom is -0.495 e. The van der Waals surface area contributed by atoms with E-state index >= 15 is 0 Å². The lowest BCUT2D eigenvalue weighted by atomic mass is 10.1. The van der Waals surface area contributed by atoms with Gasteiger partial charge < -0.3 is 19.7 Å². The lowest BCUT2D eigenvalue weighted by Crippen LogP contribution is -2.27. The van der Waals surface area contributed by atoms with E-state index in [0.717, 1.165) is 37.1 Å². The monoisotopic (exact) mass is 310 g/mol. The number of benzene rings is 1. The fraction of sp³-hybridized carbons (Fsp3) is 0.625. The summed E-state index contributed by atoms with van der Waals surface area (Å²) in [6, 6.07) is 4.60. The van der Waals surface area contributed by atoms with Gasteiger partial charge >= 0.3 is 0 Å². The molecule has 21 heavy (non-hydrogen) atoms. The summed E-state index contributed by atoms with van der Waals surface area (Å²) in [6.07, 6.45) is 3.91. The molecule has 3 rings (SSSR count). The molecular weight excluding hydrogens is 288 g/mol. The van der Waals surface area contributed by atoms with Crippen molar-refractivity contribution in [2.75, 3.05) is 38.8 Å². The fourth-order valence-electron chi connectivity index (χ4n) is 2.93. The maximum absolute atomic E-state index is 6.26. The number of halogens is 1. The maximum atomic E-state index is 6.26. The van der Waals surface area contributed by atoms with Crippen molar-refractivity contribution in [2.24, 2.45) is 5.92 Å². The van der Waals surface area contributed by atoms with Crippen molar-refractivity contribution in [3.63, 3.8) is 0 Å². The molecule has 1 atom stereocenters. The summed E-state index contributed by atoms with van der Waals surface area (Å²) in [6.45, 7) is 3.22. The van der Waals surface area contributed by atoms with E-state index in [1.54, 1.807) is 14.2 Å². The quantitative estimate of drug-likeness (QED) is 0.876. The van der Waals surface area contributed by atoms with Crippen LogP contribution in [0.4, 0.5) is 5.69 Å². The number of hydrogen-bond acceptors (Lipinski definition) is 4. The van der Waals surface area contributed by atoms with Crippen LogP contribution >= 0.6 is 11.6 Å². The summed E-state index contributed by atoms with van der Waals surface area (Å²) in [4.78, 5) is 2.36. The van der Waals surface area contributed by atoms with Crippen LogP contribution in [0, 0.1) is 5.92 Å². The minimum absolute atomic E-state index is 0.632. The molecule has 1 heterocycles. The van der Waals surface area contributed by atoms with Crippen LogP contribution < -0.4 is 19.7 Å². The standard InChI is InChI=1S/C16H23ClN2O2/c1-20-15-8-16(21-2)14(7-13(15)17)19-6-5-11(10-19)9-18-12-3-4-12/h7-8,11-12,18H,3-6,9-10H2,1-2H3. The van der Waals surface area contributed by atoms with Crippen molar-refractivity contribution in [3.05, 3.63) is 17.2 Å². The molecule has 116 valence electrons. The number of nitrogens with zero attached hydrogens (tertiary/aromatic N) is 1. The Balaban J connectivity index is 1.69. The molecule has 0 radical (unpaired) electrons.